The maximum Gasteiger partial charge on any atom is 0.491 e. The first-order valence-electron chi connectivity index (χ1n) is 10.4. The molecular weight excluding hydrogens is 445 g/mol. The van der Waals surface area contributed by atoms with Crippen molar-refractivity contribution in [2.24, 2.45) is 7.05 Å². The van der Waals surface area contributed by atoms with Gasteiger partial charge in [0.05, 0.1) is 19.7 Å². The van der Waals surface area contributed by atoms with Crippen molar-refractivity contribution in [3.8, 4) is 17.9 Å². The predicted molar refractivity (Wildman–Crippen MR) is 113 cm³/mol. The lowest BCUT2D eigenvalue weighted by Crippen LogP contribution is -2.55. The van der Waals surface area contributed by atoms with Crippen LogP contribution in [0.15, 0.2) is 4.79 Å². The highest BCUT2D eigenvalue weighted by Crippen LogP contribution is 2.25. The Labute approximate surface area is 187 Å². The first-order valence-corrected chi connectivity index (χ1v) is 10.4. The highest BCUT2D eigenvalue weighted by Gasteiger charge is 2.44. The third-order valence-corrected chi connectivity index (χ3v) is 5.00. The number of unbranched alkanes of at least 4 members (excludes halogenated alkanes) is 1. The van der Waals surface area contributed by atoms with Crippen molar-refractivity contribution in [1.29, 1.82) is 0 Å². The number of nitrogens with one attached hydrogen (secondary N) is 1. The zero-order chi connectivity index (χ0) is 24.2. The molecule has 0 bridgehead atoms. The molecule has 1 aliphatic heterocycles. The van der Waals surface area contributed by atoms with Crippen LogP contribution in [0.2, 0.25) is 0 Å². The van der Waals surface area contributed by atoms with E-state index in [2.05, 4.69) is 27.1 Å². The van der Waals surface area contributed by atoms with E-state index in [4.69, 9.17) is 9.47 Å². The fourth-order valence-corrected chi connectivity index (χ4v) is 3.30. The molecule has 1 unspecified atom stereocenters. The third kappa shape index (κ3) is 5.22. The lowest BCUT2D eigenvalue weighted by atomic mass is 10.3. The van der Waals surface area contributed by atoms with Crippen molar-refractivity contribution in [1.82, 2.24) is 24.4 Å². The maximum absolute atomic E-state index is 13.1. The van der Waals surface area contributed by atoms with E-state index >= 15 is 0 Å². The number of alkyl halides is 3. The zero-order valence-corrected chi connectivity index (χ0v) is 18.5. The fraction of sp³-hybridized carbons (Fsp3) is 0.600. The van der Waals surface area contributed by atoms with Gasteiger partial charge in [-0.25, -0.2) is 4.79 Å². The van der Waals surface area contributed by atoms with Gasteiger partial charge in [-0.05, 0) is 13.3 Å². The number of nitrogens with zero attached hydrogens (tertiary/aromatic N) is 5. The number of fused-ring (bicyclic) bond motifs is 1. The van der Waals surface area contributed by atoms with Gasteiger partial charge >= 0.3 is 18.2 Å². The molecule has 3 heterocycles. The number of carbonyl (C=O) groups excluding carboxylic acids is 1. The second kappa shape index (κ2) is 10.1. The van der Waals surface area contributed by atoms with E-state index in [1.165, 1.54) is 21.1 Å². The molecule has 0 aromatic carbocycles. The Hall–Kier alpha value is -3.27. The van der Waals surface area contributed by atoms with E-state index in [1.807, 2.05) is 6.92 Å². The summed E-state index contributed by atoms with van der Waals surface area (Å²) in [5, 5.41) is 2.89. The summed E-state index contributed by atoms with van der Waals surface area (Å²) in [5.41, 5.74) is -0.253. The van der Waals surface area contributed by atoms with Crippen molar-refractivity contribution < 1.29 is 27.4 Å². The SMILES string of the molecule is CC#CCn1c(N2CCNCC2OC(=O)C(F)(F)F)nc2nc(OCCCC)n(C)c(=O)c21. The van der Waals surface area contributed by atoms with Crippen molar-refractivity contribution in [2.45, 2.75) is 45.6 Å². The lowest BCUT2D eigenvalue weighted by molar-refractivity contribution is -0.205. The maximum atomic E-state index is 13.1. The minimum Gasteiger partial charge on any atom is -0.465 e. The normalized spacial score (nSPS) is 16.4. The topological polar surface area (TPSA) is 104 Å². The molecule has 0 spiro atoms. The number of aromatic nitrogens is 4. The molecule has 10 nitrogen and oxygen atoms in total. The second-order valence-corrected chi connectivity index (χ2v) is 7.31. The Balaban J connectivity index is 2.09. The van der Waals surface area contributed by atoms with Gasteiger partial charge in [0.2, 0.25) is 5.95 Å². The zero-order valence-electron chi connectivity index (χ0n) is 18.5. The third-order valence-electron chi connectivity index (χ3n) is 5.00. The van der Waals surface area contributed by atoms with Gasteiger partial charge in [-0.15, -0.1) is 5.92 Å². The van der Waals surface area contributed by atoms with Gasteiger partial charge in [0.25, 0.3) is 5.56 Å². The van der Waals surface area contributed by atoms with Crippen LogP contribution >= 0.6 is 0 Å². The molecule has 0 amide bonds. The van der Waals surface area contributed by atoms with Gasteiger partial charge in [-0.2, -0.15) is 23.1 Å². The monoisotopic (exact) mass is 470 g/mol. The second-order valence-electron chi connectivity index (χ2n) is 7.31. The van der Waals surface area contributed by atoms with Crippen LogP contribution in [0.25, 0.3) is 11.2 Å². The average molecular weight is 470 g/mol. The summed E-state index contributed by atoms with van der Waals surface area (Å²) in [4.78, 5) is 34.8. The molecule has 0 aliphatic carbocycles. The molecule has 1 aliphatic rings. The number of esters is 1. The number of rotatable bonds is 7. The summed E-state index contributed by atoms with van der Waals surface area (Å²) < 4.78 is 51.4. The van der Waals surface area contributed by atoms with E-state index in [9.17, 15) is 22.8 Å². The number of hydrogen-bond acceptors (Lipinski definition) is 8. The van der Waals surface area contributed by atoms with Crippen LogP contribution in [0.3, 0.4) is 0 Å². The number of ether oxygens (including phenoxy) is 2. The molecule has 1 fully saturated rings. The number of carbonyl (C=O) groups is 1. The minimum atomic E-state index is -5.14. The molecule has 1 N–H and O–H groups in total. The van der Waals surface area contributed by atoms with E-state index in [0.717, 1.165) is 12.8 Å². The van der Waals surface area contributed by atoms with Gasteiger partial charge in [0.15, 0.2) is 17.4 Å². The molecule has 33 heavy (non-hydrogen) atoms. The van der Waals surface area contributed by atoms with Gasteiger partial charge in [-0.3, -0.25) is 13.9 Å². The van der Waals surface area contributed by atoms with E-state index in [1.54, 1.807) is 6.92 Å². The Kier molecular flexibility index (Phi) is 7.47. The summed E-state index contributed by atoms with van der Waals surface area (Å²) in [7, 11) is 1.51. The largest absolute Gasteiger partial charge is 0.491 e. The molecule has 13 heteroatoms. The van der Waals surface area contributed by atoms with Crippen molar-refractivity contribution in [2.75, 3.05) is 31.1 Å². The predicted octanol–water partition coefficient (Wildman–Crippen LogP) is 1.17. The molecule has 1 saturated heterocycles. The Morgan fingerprint density at radius 3 is 2.76 bits per heavy atom. The Bertz CT molecular complexity index is 1130. The van der Waals surface area contributed by atoms with Crippen molar-refractivity contribution >= 4 is 23.1 Å². The molecule has 0 radical (unpaired) electrons. The summed E-state index contributed by atoms with van der Waals surface area (Å²) in [6, 6.07) is 0.0825. The van der Waals surface area contributed by atoms with Gasteiger partial charge in [0, 0.05) is 20.1 Å². The lowest BCUT2D eigenvalue weighted by Gasteiger charge is -2.36. The molecule has 1 atom stereocenters. The molecular formula is C20H25F3N6O4. The summed E-state index contributed by atoms with van der Waals surface area (Å²) in [6.45, 7) is 4.55. The number of imidazole rings is 1. The fourth-order valence-electron chi connectivity index (χ4n) is 3.30. The van der Waals surface area contributed by atoms with Gasteiger partial charge < -0.3 is 19.7 Å². The summed E-state index contributed by atoms with van der Waals surface area (Å²) in [6.07, 6.45) is -4.76. The molecule has 180 valence electrons. The Morgan fingerprint density at radius 1 is 1.33 bits per heavy atom. The van der Waals surface area contributed by atoms with Crippen LogP contribution < -0.4 is 20.5 Å². The van der Waals surface area contributed by atoms with Crippen molar-refractivity contribution in [3.63, 3.8) is 0 Å². The van der Waals surface area contributed by atoms with Crippen LogP contribution in [0.4, 0.5) is 19.1 Å². The smallest absolute Gasteiger partial charge is 0.465 e. The van der Waals surface area contributed by atoms with Crippen LogP contribution in [-0.4, -0.2) is 63.7 Å². The van der Waals surface area contributed by atoms with Crippen LogP contribution in [0.1, 0.15) is 26.7 Å². The average Bonchev–Trinajstić information content (AvgIpc) is 3.13. The number of hydrogen-bond donors (Lipinski definition) is 1. The minimum absolute atomic E-state index is 0.0408. The molecule has 2 aromatic heterocycles. The summed E-state index contributed by atoms with van der Waals surface area (Å²) in [5.74, 6) is 3.39. The van der Waals surface area contributed by atoms with E-state index in [0.29, 0.717) is 13.2 Å². The first kappa shape index (κ1) is 24.4. The molecule has 0 saturated carbocycles. The summed E-state index contributed by atoms with van der Waals surface area (Å²) >= 11 is 0. The number of piperazine rings is 1. The highest BCUT2D eigenvalue weighted by molar-refractivity contribution is 5.77. The van der Waals surface area contributed by atoms with Crippen LogP contribution in [0, 0.1) is 11.8 Å². The molecule has 3 rings (SSSR count). The highest BCUT2D eigenvalue weighted by atomic mass is 19.4. The molecule has 2 aromatic rings. The van der Waals surface area contributed by atoms with Gasteiger partial charge in [-0.1, -0.05) is 19.3 Å². The van der Waals surface area contributed by atoms with Crippen molar-refractivity contribution in [3.05, 3.63) is 10.4 Å². The first-order chi connectivity index (χ1) is 15.7. The van der Waals surface area contributed by atoms with E-state index in [-0.39, 0.29) is 42.8 Å². The van der Waals surface area contributed by atoms with Gasteiger partial charge in [0.1, 0.15) is 0 Å². The van der Waals surface area contributed by atoms with Crippen LogP contribution in [0.5, 0.6) is 6.01 Å². The Morgan fingerprint density at radius 2 is 2.09 bits per heavy atom. The van der Waals surface area contributed by atoms with E-state index < -0.39 is 23.9 Å². The standard InChI is InChI=1S/C20H25F3N6O4/c1-4-6-9-29-14-15(26-19(27(3)16(14)30)32-11-7-5-2)25-18(29)28-10-8-24-12-13(28)33-17(31)20(21,22)23/h13,24H,5,7-12H2,1-3H3. The number of halogens is 3. The quantitative estimate of drug-likeness (QED) is 0.366. The van der Waals surface area contributed by atoms with Crippen LogP contribution in [-0.2, 0) is 23.1 Å². The number of anilines is 1.